The number of hydrogen-bond donors (Lipinski definition) is 0. The maximum absolute atomic E-state index is 12.1. The summed E-state index contributed by atoms with van der Waals surface area (Å²) >= 11 is 0. The Hall–Kier alpha value is -1.24. The SMILES string of the molecule is CS(=O)(=O)N1CCOCC1CC(=O)c1ccccc1. The number of sulfonamides is 1. The standard InChI is InChI=1S/C13H17NO4S/c1-19(16,17)14-7-8-18-10-12(14)9-13(15)11-5-3-2-4-6-11/h2-6,12H,7-10H2,1H3. The minimum atomic E-state index is -3.30. The lowest BCUT2D eigenvalue weighted by Gasteiger charge is -2.33. The molecule has 1 atom stereocenters. The zero-order valence-electron chi connectivity index (χ0n) is 10.8. The zero-order chi connectivity index (χ0) is 13.9. The third-order valence-corrected chi connectivity index (χ3v) is 4.45. The van der Waals surface area contributed by atoms with Gasteiger partial charge in [0.05, 0.1) is 25.5 Å². The molecule has 5 nitrogen and oxygen atoms in total. The van der Waals surface area contributed by atoms with Crippen LogP contribution < -0.4 is 0 Å². The number of carbonyl (C=O) groups excluding carboxylic acids is 1. The first kappa shape index (κ1) is 14.2. The molecule has 1 aromatic carbocycles. The van der Waals surface area contributed by atoms with E-state index in [4.69, 9.17) is 4.74 Å². The summed E-state index contributed by atoms with van der Waals surface area (Å²) in [6.45, 7) is 0.959. The summed E-state index contributed by atoms with van der Waals surface area (Å²) in [6, 6.07) is 8.48. The fourth-order valence-electron chi connectivity index (χ4n) is 2.19. The predicted molar refractivity (Wildman–Crippen MR) is 71.5 cm³/mol. The van der Waals surface area contributed by atoms with Crippen molar-refractivity contribution in [2.75, 3.05) is 26.0 Å². The highest BCUT2D eigenvalue weighted by Crippen LogP contribution is 2.16. The van der Waals surface area contributed by atoms with Gasteiger partial charge in [-0.05, 0) is 0 Å². The monoisotopic (exact) mass is 283 g/mol. The number of benzene rings is 1. The second kappa shape index (κ2) is 5.81. The third kappa shape index (κ3) is 3.62. The summed E-state index contributed by atoms with van der Waals surface area (Å²) in [5.74, 6) is -0.0650. The van der Waals surface area contributed by atoms with Crippen LogP contribution in [0.15, 0.2) is 30.3 Å². The first-order valence-electron chi connectivity index (χ1n) is 6.11. The van der Waals surface area contributed by atoms with Gasteiger partial charge in [-0.25, -0.2) is 8.42 Å². The van der Waals surface area contributed by atoms with Crippen molar-refractivity contribution >= 4 is 15.8 Å². The highest BCUT2D eigenvalue weighted by Gasteiger charge is 2.31. The molecule has 0 bridgehead atoms. The lowest BCUT2D eigenvalue weighted by molar-refractivity contribution is 0.0296. The molecule has 0 saturated carbocycles. The minimum absolute atomic E-state index is 0.0650. The molecule has 1 saturated heterocycles. The number of ether oxygens (including phenoxy) is 1. The molecule has 0 N–H and O–H groups in total. The molecular formula is C13H17NO4S. The molecule has 2 rings (SSSR count). The van der Waals surface area contributed by atoms with E-state index in [1.165, 1.54) is 4.31 Å². The van der Waals surface area contributed by atoms with E-state index in [1.807, 2.05) is 6.07 Å². The van der Waals surface area contributed by atoms with Crippen LogP contribution in [0, 0.1) is 0 Å². The molecule has 0 aromatic heterocycles. The highest BCUT2D eigenvalue weighted by molar-refractivity contribution is 7.88. The van der Waals surface area contributed by atoms with Crippen molar-refractivity contribution in [3.8, 4) is 0 Å². The maximum Gasteiger partial charge on any atom is 0.211 e. The Bertz CT molecular complexity index is 541. The average molecular weight is 283 g/mol. The summed E-state index contributed by atoms with van der Waals surface area (Å²) in [6.07, 6.45) is 1.31. The van der Waals surface area contributed by atoms with Crippen LogP contribution in [0.25, 0.3) is 0 Å². The van der Waals surface area contributed by atoms with E-state index >= 15 is 0 Å². The number of ketones is 1. The van der Waals surface area contributed by atoms with E-state index < -0.39 is 16.1 Å². The molecule has 0 aliphatic carbocycles. The van der Waals surface area contributed by atoms with Gasteiger partial charge in [0.2, 0.25) is 10.0 Å². The normalized spacial score (nSPS) is 21.2. The molecule has 1 aliphatic heterocycles. The Morgan fingerprint density at radius 3 is 2.68 bits per heavy atom. The van der Waals surface area contributed by atoms with Crippen molar-refractivity contribution < 1.29 is 17.9 Å². The molecule has 0 amide bonds. The van der Waals surface area contributed by atoms with Crippen LogP contribution >= 0.6 is 0 Å². The van der Waals surface area contributed by atoms with Gasteiger partial charge in [0, 0.05) is 18.5 Å². The van der Waals surface area contributed by atoms with E-state index in [0.29, 0.717) is 18.7 Å². The molecule has 1 aliphatic rings. The molecular weight excluding hydrogens is 266 g/mol. The van der Waals surface area contributed by atoms with Gasteiger partial charge in [-0.3, -0.25) is 4.79 Å². The Balaban J connectivity index is 2.10. The Labute approximate surface area is 113 Å². The van der Waals surface area contributed by atoms with Crippen LogP contribution in [0.2, 0.25) is 0 Å². The molecule has 1 fully saturated rings. The largest absolute Gasteiger partial charge is 0.378 e. The lowest BCUT2D eigenvalue weighted by atomic mass is 10.0. The zero-order valence-corrected chi connectivity index (χ0v) is 11.6. The van der Waals surface area contributed by atoms with Crippen molar-refractivity contribution in [2.24, 2.45) is 0 Å². The first-order chi connectivity index (χ1) is 8.98. The summed E-state index contributed by atoms with van der Waals surface area (Å²) in [4.78, 5) is 12.1. The number of nitrogens with zero attached hydrogens (tertiary/aromatic N) is 1. The van der Waals surface area contributed by atoms with Crippen molar-refractivity contribution in [3.63, 3.8) is 0 Å². The molecule has 0 radical (unpaired) electrons. The molecule has 104 valence electrons. The Morgan fingerprint density at radius 2 is 2.05 bits per heavy atom. The van der Waals surface area contributed by atoms with Gasteiger partial charge < -0.3 is 4.74 Å². The van der Waals surface area contributed by atoms with Gasteiger partial charge in [-0.15, -0.1) is 0 Å². The topological polar surface area (TPSA) is 63.7 Å². The van der Waals surface area contributed by atoms with Crippen LogP contribution in [-0.2, 0) is 14.8 Å². The van der Waals surface area contributed by atoms with Crippen molar-refractivity contribution in [2.45, 2.75) is 12.5 Å². The van der Waals surface area contributed by atoms with E-state index in [1.54, 1.807) is 24.3 Å². The molecule has 1 unspecified atom stereocenters. The summed E-state index contributed by atoms with van der Waals surface area (Å²) < 4.78 is 30.0. The Kier molecular flexibility index (Phi) is 4.34. The Morgan fingerprint density at radius 1 is 1.37 bits per heavy atom. The second-order valence-electron chi connectivity index (χ2n) is 4.60. The maximum atomic E-state index is 12.1. The average Bonchev–Trinajstić information content (AvgIpc) is 2.39. The van der Waals surface area contributed by atoms with Crippen LogP contribution in [0.5, 0.6) is 0 Å². The number of morpholine rings is 1. The number of hydrogen-bond acceptors (Lipinski definition) is 4. The van der Waals surface area contributed by atoms with E-state index in [0.717, 1.165) is 6.26 Å². The van der Waals surface area contributed by atoms with Gasteiger partial charge in [0.25, 0.3) is 0 Å². The van der Waals surface area contributed by atoms with E-state index in [2.05, 4.69) is 0 Å². The fraction of sp³-hybridized carbons (Fsp3) is 0.462. The summed E-state index contributed by atoms with van der Waals surface area (Å²) in [7, 11) is -3.30. The van der Waals surface area contributed by atoms with Crippen molar-refractivity contribution in [1.29, 1.82) is 0 Å². The van der Waals surface area contributed by atoms with Gasteiger partial charge in [0.15, 0.2) is 5.78 Å². The minimum Gasteiger partial charge on any atom is -0.378 e. The van der Waals surface area contributed by atoms with Gasteiger partial charge >= 0.3 is 0 Å². The molecule has 1 aromatic rings. The van der Waals surface area contributed by atoms with Crippen LogP contribution in [-0.4, -0.2) is 50.6 Å². The number of carbonyl (C=O) groups is 1. The molecule has 6 heteroatoms. The van der Waals surface area contributed by atoms with Crippen molar-refractivity contribution in [3.05, 3.63) is 35.9 Å². The van der Waals surface area contributed by atoms with Crippen molar-refractivity contribution in [1.82, 2.24) is 4.31 Å². The summed E-state index contributed by atoms with van der Waals surface area (Å²) in [5.41, 5.74) is 0.599. The van der Waals surface area contributed by atoms with Crippen LogP contribution in [0.3, 0.4) is 0 Å². The number of rotatable bonds is 4. The molecule has 0 spiro atoms. The smallest absolute Gasteiger partial charge is 0.211 e. The van der Waals surface area contributed by atoms with Gasteiger partial charge in [0.1, 0.15) is 0 Å². The van der Waals surface area contributed by atoms with Crippen LogP contribution in [0.4, 0.5) is 0 Å². The molecule has 19 heavy (non-hydrogen) atoms. The summed E-state index contributed by atoms with van der Waals surface area (Å²) in [5, 5.41) is 0. The number of Topliss-reactive ketones (excluding diaryl/α,β-unsaturated/α-hetero) is 1. The third-order valence-electron chi connectivity index (χ3n) is 3.12. The lowest BCUT2D eigenvalue weighted by Crippen LogP contribution is -2.49. The first-order valence-corrected chi connectivity index (χ1v) is 7.96. The van der Waals surface area contributed by atoms with E-state index in [9.17, 15) is 13.2 Å². The predicted octanol–water partition coefficient (Wildman–Crippen LogP) is 0.920. The van der Waals surface area contributed by atoms with Gasteiger partial charge in [-0.1, -0.05) is 30.3 Å². The fourth-order valence-corrected chi connectivity index (χ4v) is 3.28. The second-order valence-corrected chi connectivity index (χ2v) is 6.53. The van der Waals surface area contributed by atoms with Crippen LogP contribution in [0.1, 0.15) is 16.8 Å². The quantitative estimate of drug-likeness (QED) is 0.771. The van der Waals surface area contributed by atoms with Gasteiger partial charge in [-0.2, -0.15) is 4.31 Å². The van der Waals surface area contributed by atoms with E-state index in [-0.39, 0.29) is 18.8 Å². The molecule has 1 heterocycles. The highest BCUT2D eigenvalue weighted by atomic mass is 32.2.